The van der Waals surface area contributed by atoms with Crippen molar-refractivity contribution in [2.75, 3.05) is 26.2 Å². The van der Waals surface area contributed by atoms with E-state index < -0.39 is 15.8 Å². The van der Waals surface area contributed by atoms with Gasteiger partial charge in [0.1, 0.15) is 5.82 Å². The van der Waals surface area contributed by atoms with Crippen molar-refractivity contribution in [2.24, 2.45) is 0 Å². The first-order chi connectivity index (χ1) is 13.2. The van der Waals surface area contributed by atoms with Crippen LogP contribution in [0.2, 0.25) is 0 Å². The summed E-state index contributed by atoms with van der Waals surface area (Å²) in [5.74, 6) is -0.536. The number of hydrogen-bond acceptors (Lipinski definition) is 3. The molecule has 0 unspecified atom stereocenters. The number of aryl methyl sites for hydroxylation is 3. The number of amides is 1. The molecular weight excluding hydrogens is 379 g/mol. The number of carbonyl (C=O) groups is 1. The Bertz CT molecular complexity index is 964. The maximum atomic E-state index is 13.1. The SMILES string of the molecule is Cc1cc(C)c(C(=O)N2CCCN(S(=O)(=O)c3ccc(F)cc3)CC2)c(C)c1. The average molecular weight is 405 g/mol. The van der Waals surface area contributed by atoms with Crippen molar-refractivity contribution in [1.82, 2.24) is 9.21 Å². The predicted molar refractivity (Wildman–Crippen MR) is 106 cm³/mol. The molecule has 0 saturated carbocycles. The van der Waals surface area contributed by atoms with Gasteiger partial charge in [-0.1, -0.05) is 17.7 Å². The molecule has 0 atom stereocenters. The summed E-state index contributed by atoms with van der Waals surface area (Å²) < 4.78 is 40.2. The summed E-state index contributed by atoms with van der Waals surface area (Å²) in [5, 5.41) is 0. The molecule has 1 aliphatic rings. The molecule has 0 spiro atoms. The minimum absolute atomic E-state index is 0.0592. The molecular formula is C21H25FN2O3S. The molecule has 1 heterocycles. The van der Waals surface area contributed by atoms with Gasteiger partial charge in [-0.25, -0.2) is 12.8 Å². The highest BCUT2D eigenvalue weighted by atomic mass is 32.2. The highest BCUT2D eigenvalue weighted by Crippen LogP contribution is 2.22. The van der Waals surface area contributed by atoms with E-state index >= 15 is 0 Å². The number of carbonyl (C=O) groups excluding carboxylic acids is 1. The van der Waals surface area contributed by atoms with Gasteiger partial charge < -0.3 is 4.90 Å². The Morgan fingerprint density at radius 3 is 2.14 bits per heavy atom. The van der Waals surface area contributed by atoms with Crippen molar-refractivity contribution in [2.45, 2.75) is 32.1 Å². The third-order valence-electron chi connectivity index (χ3n) is 5.08. The minimum atomic E-state index is -3.71. The fourth-order valence-corrected chi connectivity index (χ4v) is 5.24. The molecule has 0 bridgehead atoms. The zero-order valence-electron chi connectivity index (χ0n) is 16.4. The molecule has 0 aliphatic carbocycles. The molecule has 1 fully saturated rings. The summed E-state index contributed by atoms with van der Waals surface area (Å²) in [7, 11) is -3.71. The van der Waals surface area contributed by atoms with Crippen LogP contribution in [0.4, 0.5) is 4.39 Å². The van der Waals surface area contributed by atoms with Gasteiger partial charge in [-0.2, -0.15) is 4.31 Å². The molecule has 0 N–H and O–H groups in total. The lowest BCUT2D eigenvalue weighted by molar-refractivity contribution is 0.0763. The van der Waals surface area contributed by atoms with Gasteiger partial charge in [0.25, 0.3) is 5.91 Å². The largest absolute Gasteiger partial charge is 0.337 e. The smallest absolute Gasteiger partial charge is 0.254 e. The highest BCUT2D eigenvalue weighted by molar-refractivity contribution is 7.89. The molecule has 1 aliphatic heterocycles. The van der Waals surface area contributed by atoms with E-state index in [0.29, 0.717) is 31.6 Å². The van der Waals surface area contributed by atoms with Crippen LogP contribution in [0.1, 0.15) is 33.5 Å². The molecule has 0 aromatic heterocycles. The normalized spacial score (nSPS) is 16.1. The van der Waals surface area contributed by atoms with Gasteiger partial charge in [-0.15, -0.1) is 0 Å². The number of nitrogens with zero attached hydrogens (tertiary/aromatic N) is 2. The number of hydrogen-bond donors (Lipinski definition) is 0. The van der Waals surface area contributed by atoms with Gasteiger partial charge in [0.15, 0.2) is 0 Å². The number of rotatable bonds is 3. The van der Waals surface area contributed by atoms with Crippen LogP contribution < -0.4 is 0 Å². The lowest BCUT2D eigenvalue weighted by atomic mass is 9.98. The molecule has 2 aromatic carbocycles. The Balaban J connectivity index is 1.78. The third-order valence-corrected chi connectivity index (χ3v) is 7.00. The summed E-state index contributed by atoms with van der Waals surface area (Å²) in [6, 6.07) is 8.81. The zero-order chi connectivity index (χ0) is 20.5. The molecule has 3 rings (SSSR count). The lowest BCUT2D eigenvalue weighted by Crippen LogP contribution is -2.37. The molecule has 1 saturated heterocycles. The standard InChI is InChI=1S/C21H25FN2O3S/c1-15-13-16(2)20(17(3)14-15)21(25)23-9-4-10-24(12-11-23)28(26,27)19-7-5-18(22)6-8-19/h5-8,13-14H,4,9-12H2,1-3H3. The van der Waals surface area contributed by atoms with Gasteiger partial charge in [0.2, 0.25) is 10.0 Å². The number of benzene rings is 2. The van der Waals surface area contributed by atoms with Crippen LogP contribution >= 0.6 is 0 Å². The van der Waals surface area contributed by atoms with Crippen LogP contribution in [0.3, 0.4) is 0 Å². The van der Waals surface area contributed by atoms with Crippen molar-refractivity contribution >= 4 is 15.9 Å². The molecule has 1 amide bonds. The van der Waals surface area contributed by atoms with Crippen LogP contribution in [-0.4, -0.2) is 49.7 Å². The van der Waals surface area contributed by atoms with E-state index in [9.17, 15) is 17.6 Å². The van der Waals surface area contributed by atoms with Gasteiger partial charge in [-0.3, -0.25) is 4.79 Å². The number of halogens is 1. The molecule has 5 nitrogen and oxygen atoms in total. The van der Waals surface area contributed by atoms with E-state index in [0.717, 1.165) is 28.8 Å². The first kappa shape index (κ1) is 20.5. The first-order valence-electron chi connectivity index (χ1n) is 9.33. The van der Waals surface area contributed by atoms with Crippen molar-refractivity contribution in [1.29, 1.82) is 0 Å². The van der Waals surface area contributed by atoms with Crippen molar-refractivity contribution < 1.29 is 17.6 Å². The van der Waals surface area contributed by atoms with Gasteiger partial charge in [0.05, 0.1) is 4.90 Å². The summed E-state index contributed by atoms with van der Waals surface area (Å²) in [6.07, 6.45) is 0.552. The second-order valence-electron chi connectivity index (χ2n) is 7.28. The molecule has 28 heavy (non-hydrogen) atoms. The Kier molecular flexibility index (Phi) is 5.86. The van der Waals surface area contributed by atoms with Crippen LogP contribution in [0, 0.1) is 26.6 Å². The van der Waals surface area contributed by atoms with Gasteiger partial charge in [-0.05, 0) is 62.6 Å². The van der Waals surface area contributed by atoms with Crippen molar-refractivity contribution in [3.8, 4) is 0 Å². The Hall–Kier alpha value is -2.25. The van der Waals surface area contributed by atoms with Gasteiger partial charge >= 0.3 is 0 Å². The average Bonchev–Trinajstić information content (AvgIpc) is 2.88. The molecule has 2 aromatic rings. The summed E-state index contributed by atoms with van der Waals surface area (Å²) in [4.78, 5) is 14.9. The van der Waals surface area contributed by atoms with E-state index in [2.05, 4.69) is 0 Å². The molecule has 7 heteroatoms. The fraction of sp³-hybridized carbons (Fsp3) is 0.381. The maximum Gasteiger partial charge on any atom is 0.254 e. The second kappa shape index (κ2) is 8.01. The zero-order valence-corrected chi connectivity index (χ0v) is 17.2. The maximum absolute atomic E-state index is 13.1. The van der Waals surface area contributed by atoms with Crippen LogP contribution in [-0.2, 0) is 10.0 Å². The quantitative estimate of drug-likeness (QED) is 0.789. The second-order valence-corrected chi connectivity index (χ2v) is 9.22. The van der Waals surface area contributed by atoms with Crippen LogP contribution in [0.5, 0.6) is 0 Å². The fourth-order valence-electron chi connectivity index (χ4n) is 3.77. The van der Waals surface area contributed by atoms with E-state index in [1.54, 1.807) is 4.90 Å². The summed E-state index contributed by atoms with van der Waals surface area (Å²) >= 11 is 0. The summed E-state index contributed by atoms with van der Waals surface area (Å²) in [5.41, 5.74) is 3.67. The molecule has 150 valence electrons. The number of sulfonamides is 1. The van der Waals surface area contributed by atoms with Crippen molar-refractivity contribution in [3.05, 3.63) is 64.5 Å². The topological polar surface area (TPSA) is 57.7 Å². The molecule has 0 radical (unpaired) electrons. The highest BCUT2D eigenvalue weighted by Gasteiger charge is 2.29. The van der Waals surface area contributed by atoms with Crippen LogP contribution in [0.15, 0.2) is 41.3 Å². The van der Waals surface area contributed by atoms with Gasteiger partial charge in [0, 0.05) is 31.7 Å². The van der Waals surface area contributed by atoms with E-state index in [-0.39, 0.29) is 17.3 Å². The predicted octanol–water partition coefficient (Wildman–Crippen LogP) is 3.29. The van der Waals surface area contributed by atoms with Crippen molar-refractivity contribution in [3.63, 3.8) is 0 Å². The van der Waals surface area contributed by atoms with E-state index in [4.69, 9.17) is 0 Å². The Morgan fingerprint density at radius 1 is 0.929 bits per heavy atom. The lowest BCUT2D eigenvalue weighted by Gasteiger charge is -2.23. The minimum Gasteiger partial charge on any atom is -0.337 e. The summed E-state index contributed by atoms with van der Waals surface area (Å²) in [6.45, 7) is 7.23. The Morgan fingerprint density at radius 2 is 1.54 bits per heavy atom. The Labute approximate surface area is 165 Å². The third kappa shape index (κ3) is 4.10. The van der Waals surface area contributed by atoms with Crippen LogP contribution in [0.25, 0.3) is 0 Å². The monoisotopic (exact) mass is 404 g/mol. The first-order valence-corrected chi connectivity index (χ1v) is 10.8. The van der Waals surface area contributed by atoms with E-state index in [1.165, 1.54) is 16.4 Å². The van der Waals surface area contributed by atoms with E-state index in [1.807, 2.05) is 32.9 Å².